The first-order valence-electron chi connectivity index (χ1n) is 15.4. The van der Waals surface area contributed by atoms with Crippen LogP contribution in [0.15, 0.2) is 59.7 Å². The summed E-state index contributed by atoms with van der Waals surface area (Å²) in [5.41, 5.74) is 8.14. The van der Waals surface area contributed by atoms with Gasteiger partial charge in [0.15, 0.2) is 0 Å². The molecule has 2 atom stereocenters. The van der Waals surface area contributed by atoms with E-state index < -0.39 is 0 Å². The summed E-state index contributed by atoms with van der Waals surface area (Å²) in [6.07, 6.45) is 6.49. The molecule has 0 saturated heterocycles. The summed E-state index contributed by atoms with van der Waals surface area (Å²) in [6.45, 7) is 15.2. The maximum absolute atomic E-state index is 6.56. The van der Waals surface area contributed by atoms with Crippen molar-refractivity contribution in [1.82, 2.24) is 9.55 Å². The average Bonchev–Trinajstić information content (AvgIpc) is 3.48. The third kappa shape index (κ3) is 5.28. The summed E-state index contributed by atoms with van der Waals surface area (Å²) in [5, 5.41) is 2.31. The van der Waals surface area contributed by atoms with Gasteiger partial charge >= 0.3 is 21.1 Å². The van der Waals surface area contributed by atoms with Gasteiger partial charge in [0.2, 0.25) is 0 Å². The molecule has 3 heterocycles. The monoisotopic (exact) mass is 764 g/mol. The Kier molecular flexibility index (Phi) is 7.77. The van der Waals surface area contributed by atoms with Gasteiger partial charge in [0, 0.05) is 28.5 Å². The molecule has 1 aliphatic carbocycles. The second-order valence-electron chi connectivity index (χ2n) is 13.7. The number of benzene rings is 3. The van der Waals surface area contributed by atoms with Gasteiger partial charge in [-0.1, -0.05) is 76.9 Å². The molecule has 1 aliphatic heterocycles. The minimum absolute atomic E-state index is 0. The van der Waals surface area contributed by atoms with Gasteiger partial charge in [0.05, 0.1) is 11.1 Å². The Morgan fingerprint density at radius 2 is 1.80 bits per heavy atom. The average molecular weight is 765 g/mol. The second-order valence-corrected chi connectivity index (χ2v) is 13.7. The summed E-state index contributed by atoms with van der Waals surface area (Å²) in [6, 6.07) is 24.3. The number of nitrogens with zero attached hydrogens (tertiary/aromatic N) is 3. The van der Waals surface area contributed by atoms with Crippen LogP contribution in [-0.4, -0.2) is 27.1 Å². The van der Waals surface area contributed by atoms with Crippen molar-refractivity contribution in [3.8, 4) is 17.2 Å². The molecular weight excluding hydrogens is 726 g/mol. The summed E-state index contributed by atoms with van der Waals surface area (Å²) < 4.78 is 15.2. The Labute approximate surface area is 275 Å². The number of aliphatic imine (C=N–C) groups is 1. The smallest absolute Gasteiger partial charge is 0.514 e. The van der Waals surface area contributed by atoms with Crippen molar-refractivity contribution in [3.63, 3.8) is 0 Å². The van der Waals surface area contributed by atoms with Crippen LogP contribution < -0.4 is 4.74 Å². The van der Waals surface area contributed by atoms with Gasteiger partial charge in [0.25, 0.3) is 0 Å². The quantitative estimate of drug-likeness (QED) is 0.172. The Morgan fingerprint density at radius 3 is 2.57 bits per heavy atom. The molecule has 2 aromatic heterocycles. The van der Waals surface area contributed by atoms with E-state index in [1.54, 1.807) is 0 Å². The van der Waals surface area contributed by atoms with E-state index in [0.717, 1.165) is 57.3 Å². The first-order valence-corrected chi connectivity index (χ1v) is 15.4. The van der Waals surface area contributed by atoms with Crippen LogP contribution in [0.3, 0.4) is 0 Å². The summed E-state index contributed by atoms with van der Waals surface area (Å²) >= 11 is 0. The molecule has 5 nitrogen and oxygen atoms in total. The number of aryl methyl sites for hydroxylation is 3. The number of hydrogen-bond donors (Lipinski definition) is 0. The first kappa shape index (κ1) is 30.6. The maximum atomic E-state index is 6.56. The summed E-state index contributed by atoms with van der Waals surface area (Å²) in [4.78, 5) is 9.90. The van der Waals surface area contributed by atoms with Gasteiger partial charge in [-0.15, -0.1) is 29.8 Å². The molecule has 0 bridgehead atoms. The number of hydrogen-bond acceptors (Lipinski definition) is 4. The Balaban J connectivity index is 0.00000343. The van der Waals surface area contributed by atoms with Gasteiger partial charge in [0.1, 0.15) is 17.6 Å². The minimum atomic E-state index is -0.150. The van der Waals surface area contributed by atoms with E-state index in [0.29, 0.717) is 17.4 Å². The van der Waals surface area contributed by atoms with Gasteiger partial charge in [-0.3, -0.25) is 4.99 Å². The van der Waals surface area contributed by atoms with Crippen molar-refractivity contribution in [2.75, 3.05) is 0 Å². The number of fused-ring (bicyclic) bond motifs is 4. The molecule has 44 heavy (non-hydrogen) atoms. The maximum Gasteiger partial charge on any atom is 2.00 e. The molecule has 0 amide bonds. The van der Waals surface area contributed by atoms with E-state index in [9.17, 15) is 0 Å². The molecule has 1 saturated carbocycles. The van der Waals surface area contributed by atoms with Gasteiger partial charge in [-0.2, -0.15) is 5.56 Å². The molecule has 1 fully saturated rings. The van der Waals surface area contributed by atoms with E-state index in [-0.39, 0.29) is 38.1 Å². The normalized spacial score (nSPS) is 19.8. The van der Waals surface area contributed by atoms with Crippen molar-refractivity contribution in [3.05, 3.63) is 94.7 Å². The standard InChI is InChI=1S/C38H39N3O2.Pt/c1-23-17-27(41-32-14-13-26(37(4,5)6)20-31(32)29-11-10-16-39-35(29)41)21-28(18-23)42-33-22-30(24(2)19-25(33)3)36-40-38(7)15-9-8-12-34(38)43-36;/h10-11,13-14,16-20,34H,8-9,12,15H2,1-7H3;/q-2;+2/t34-,38-;/m0./s1. The Bertz CT molecular complexity index is 1930. The molecular formula is C38H39N3O2Pt. The predicted molar refractivity (Wildman–Crippen MR) is 174 cm³/mol. The van der Waals surface area contributed by atoms with Crippen molar-refractivity contribution in [2.45, 2.75) is 91.2 Å². The first-order chi connectivity index (χ1) is 20.5. The fourth-order valence-corrected chi connectivity index (χ4v) is 6.71. The Morgan fingerprint density at radius 1 is 0.977 bits per heavy atom. The van der Waals surface area contributed by atoms with Crippen LogP contribution in [0.1, 0.15) is 81.2 Å². The number of ether oxygens (including phenoxy) is 2. The van der Waals surface area contributed by atoms with E-state index in [4.69, 9.17) is 19.5 Å². The number of rotatable bonds is 4. The zero-order valence-electron chi connectivity index (χ0n) is 26.6. The van der Waals surface area contributed by atoms with Crippen molar-refractivity contribution < 1.29 is 30.5 Å². The summed E-state index contributed by atoms with van der Waals surface area (Å²) in [7, 11) is 0. The molecule has 7 rings (SSSR count). The second kappa shape index (κ2) is 11.2. The fourth-order valence-electron chi connectivity index (χ4n) is 6.71. The third-order valence-corrected chi connectivity index (χ3v) is 9.16. The molecule has 5 aromatic rings. The van der Waals surface area contributed by atoms with Crippen LogP contribution in [0.5, 0.6) is 11.5 Å². The molecule has 0 N–H and O–H groups in total. The van der Waals surface area contributed by atoms with Crippen molar-refractivity contribution in [1.29, 1.82) is 0 Å². The molecule has 3 aromatic carbocycles. The fraction of sp³-hybridized carbons (Fsp3) is 0.368. The third-order valence-electron chi connectivity index (χ3n) is 9.16. The SMILES string of the molecule is Cc1cc(Oc2[c-]c(C3=N[C@@]4(C)CCCC[C@@H]4O3)c(C)cc2C)[c-]c(-n2c3ccc(C(C)(C)C)cc3c3cccnc32)c1.[Pt+2]. The molecule has 228 valence electrons. The van der Waals surface area contributed by atoms with E-state index in [1.807, 2.05) is 18.3 Å². The van der Waals surface area contributed by atoms with Gasteiger partial charge in [-0.05, 0) is 61.4 Å². The molecule has 2 aliphatic rings. The molecule has 0 radical (unpaired) electrons. The summed E-state index contributed by atoms with van der Waals surface area (Å²) in [5.74, 6) is 1.99. The number of aromatic nitrogens is 2. The topological polar surface area (TPSA) is 48.6 Å². The van der Waals surface area contributed by atoms with Crippen LogP contribution >= 0.6 is 0 Å². The van der Waals surface area contributed by atoms with E-state index >= 15 is 0 Å². The predicted octanol–water partition coefficient (Wildman–Crippen LogP) is 9.27. The van der Waals surface area contributed by atoms with Crippen molar-refractivity contribution >= 4 is 27.8 Å². The molecule has 0 spiro atoms. The van der Waals surface area contributed by atoms with Crippen molar-refractivity contribution in [2.24, 2.45) is 4.99 Å². The van der Waals surface area contributed by atoms with Crippen LogP contribution in [-0.2, 0) is 31.2 Å². The van der Waals surface area contributed by atoms with Crippen LogP contribution in [0.4, 0.5) is 0 Å². The number of pyridine rings is 1. The van der Waals surface area contributed by atoms with Crippen LogP contribution in [0.2, 0.25) is 0 Å². The zero-order chi connectivity index (χ0) is 30.1. The Hall–Kier alpha value is -3.43. The molecule has 6 heteroatoms. The molecule has 0 unspecified atom stereocenters. The van der Waals surface area contributed by atoms with Gasteiger partial charge < -0.3 is 14.0 Å². The van der Waals surface area contributed by atoms with E-state index in [1.165, 1.54) is 23.8 Å². The van der Waals surface area contributed by atoms with E-state index in [2.05, 4.69) is 102 Å². The van der Waals surface area contributed by atoms with Crippen LogP contribution in [0, 0.1) is 32.9 Å². The zero-order valence-corrected chi connectivity index (χ0v) is 28.8. The largest absolute Gasteiger partial charge is 2.00 e. The van der Waals surface area contributed by atoms with Gasteiger partial charge in [-0.25, -0.2) is 4.98 Å². The minimum Gasteiger partial charge on any atom is -0.514 e. The van der Waals surface area contributed by atoms with Crippen LogP contribution in [0.25, 0.3) is 27.6 Å².